The van der Waals surface area contributed by atoms with Crippen LogP contribution in [0.3, 0.4) is 0 Å². The third-order valence-corrected chi connectivity index (χ3v) is 2.72. The summed E-state index contributed by atoms with van der Waals surface area (Å²) in [6.07, 6.45) is 5.24. The van der Waals surface area contributed by atoms with Crippen LogP contribution in [0.25, 0.3) is 0 Å². The zero-order valence-corrected chi connectivity index (χ0v) is 10.5. The third kappa shape index (κ3) is 2.85. The number of carbonyl (C=O) groups excluding carboxylic acids is 1. The Morgan fingerprint density at radius 2 is 1.70 bits per heavy atom. The fourth-order valence-electron chi connectivity index (χ4n) is 1.69. The minimum Gasteiger partial charge on any atom is -0.478 e. The topological polar surface area (TPSA) is 66.4 Å². The molecule has 4 nitrogen and oxygen atoms in total. The van der Waals surface area contributed by atoms with Gasteiger partial charge < -0.3 is 10.4 Å². The summed E-state index contributed by atoms with van der Waals surface area (Å²) in [5.74, 6) is 0.977. The first kappa shape index (κ1) is 13.4. The second-order valence-electron chi connectivity index (χ2n) is 4.03. The van der Waals surface area contributed by atoms with Gasteiger partial charge in [-0.25, -0.2) is 4.79 Å². The molecule has 98 valence electrons. The molecular weight excluding hydrogens is 254 g/mol. The van der Waals surface area contributed by atoms with E-state index in [0.717, 1.165) is 0 Å². The molecule has 2 aromatic rings. The van der Waals surface area contributed by atoms with Crippen LogP contribution in [-0.4, -0.2) is 17.0 Å². The van der Waals surface area contributed by atoms with E-state index < -0.39 is 5.97 Å². The number of hydrogen-bond acceptors (Lipinski definition) is 2. The zero-order chi connectivity index (χ0) is 14.5. The van der Waals surface area contributed by atoms with Crippen LogP contribution >= 0.6 is 0 Å². The highest BCUT2D eigenvalue weighted by molar-refractivity contribution is 6.07. The molecule has 4 heteroatoms. The Morgan fingerprint density at radius 1 is 1.05 bits per heavy atom. The standard InChI is InChI=1S/C16H11NO3/c1-2-11-7-9-12(10-8-11)15(18)17-14-6-4-3-5-13(14)16(19)20/h1,3-10H,(H,17,18)(H,19,20). The van der Waals surface area contributed by atoms with Gasteiger partial charge >= 0.3 is 5.97 Å². The molecule has 0 saturated heterocycles. The summed E-state index contributed by atoms with van der Waals surface area (Å²) in [7, 11) is 0. The number of carbonyl (C=O) groups is 2. The molecule has 2 aromatic carbocycles. The van der Waals surface area contributed by atoms with E-state index >= 15 is 0 Å². The monoisotopic (exact) mass is 265 g/mol. The molecule has 0 aromatic heterocycles. The summed E-state index contributed by atoms with van der Waals surface area (Å²) >= 11 is 0. The van der Waals surface area contributed by atoms with Crippen LogP contribution in [0.1, 0.15) is 26.3 Å². The summed E-state index contributed by atoms with van der Waals surface area (Å²) < 4.78 is 0. The van der Waals surface area contributed by atoms with Crippen LogP contribution in [0.2, 0.25) is 0 Å². The lowest BCUT2D eigenvalue weighted by Crippen LogP contribution is -2.14. The van der Waals surface area contributed by atoms with E-state index in [1.54, 1.807) is 36.4 Å². The summed E-state index contributed by atoms with van der Waals surface area (Å²) in [5.41, 5.74) is 1.38. The summed E-state index contributed by atoms with van der Waals surface area (Å²) in [6, 6.07) is 12.7. The molecule has 0 aliphatic heterocycles. The molecule has 0 spiro atoms. The molecule has 0 fully saturated rings. The van der Waals surface area contributed by atoms with Gasteiger partial charge in [-0.1, -0.05) is 18.1 Å². The first-order valence-electron chi connectivity index (χ1n) is 5.82. The average molecular weight is 265 g/mol. The van der Waals surface area contributed by atoms with Gasteiger partial charge in [0, 0.05) is 11.1 Å². The van der Waals surface area contributed by atoms with Crippen molar-refractivity contribution in [2.75, 3.05) is 5.32 Å². The molecule has 0 saturated carbocycles. The van der Waals surface area contributed by atoms with Crippen LogP contribution in [0.4, 0.5) is 5.69 Å². The number of aromatic carboxylic acids is 1. The van der Waals surface area contributed by atoms with Crippen LogP contribution < -0.4 is 5.32 Å². The first-order chi connectivity index (χ1) is 9.61. The largest absolute Gasteiger partial charge is 0.478 e. The Morgan fingerprint density at radius 3 is 2.30 bits per heavy atom. The second kappa shape index (κ2) is 5.72. The number of carboxylic acid groups (broad SMARTS) is 1. The summed E-state index contributed by atoms with van der Waals surface area (Å²) in [6.45, 7) is 0. The Kier molecular flexibility index (Phi) is 3.82. The summed E-state index contributed by atoms with van der Waals surface area (Å²) in [5, 5.41) is 11.6. The third-order valence-electron chi connectivity index (χ3n) is 2.72. The molecular formula is C16H11NO3. The maximum Gasteiger partial charge on any atom is 0.337 e. The van der Waals surface area contributed by atoms with Crippen LogP contribution in [0.5, 0.6) is 0 Å². The molecule has 2 rings (SSSR count). The Hall–Kier alpha value is -3.06. The van der Waals surface area contributed by atoms with Gasteiger partial charge in [-0.2, -0.15) is 0 Å². The van der Waals surface area contributed by atoms with Crippen LogP contribution in [0.15, 0.2) is 48.5 Å². The van der Waals surface area contributed by atoms with Crippen molar-refractivity contribution in [3.63, 3.8) is 0 Å². The molecule has 2 N–H and O–H groups in total. The Labute approximate surface area is 116 Å². The minimum atomic E-state index is -1.09. The maximum atomic E-state index is 12.0. The van der Waals surface area contributed by atoms with Gasteiger partial charge in [0.2, 0.25) is 0 Å². The first-order valence-corrected chi connectivity index (χ1v) is 5.82. The smallest absolute Gasteiger partial charge is 0.337 e. The highest BCUT2D eigenvalue weighted by Crippen LogP contribution is 2.16. The number of amides is 1. The molecule has 0 radical (unpaired) electrons. The van der Waals surface area contributed by atoms with Crippen LogP contribution in [0, 0.1) is 12.3 Å². The van der Waals surface area contributed by atoms with Crippen molar-refractivity contribution in [2.24, 2.45) is 0 Å². The van der Waals surface area contributed by atoms with Gasteiger partial charge in [0.1, 0.15) is 0 Å². The highest BCUT2D eigenvalue weighted by Gasteiger charge is 2.12. The van der Waals surface area contributed by atoms with E-state index in [0.29, 0.717) is 11.1 Å². The lowest BCUT2D eigenvalue weighted by Gasteiger charge is -2.08. The van der Waals surface area contributed by atoms with Gasteiger partial charge in [-0.05, 0) is 36.4 Å². The number of nitrogens with one attached hydrogen (secondary N) is 1. The van der Waals surface area contributed by atoms with Gasteiger partial charge in [-0.3, -0.25) is 4.79 Å². The van der Waals surface area contributed by atoms with E-state index in [1.807, 2.05) is 0 Å². The number of anilines is 1. The number of hydrogen-bond donors (Lipinski definition) is 2. The Balaban J connectivity index is 2.23. The Bertz CT molecular complexity index is 696. The number of carboxylic acids is 1. The van der Waals surface area contributed by atoms with Gasteiger partial charge in [-0.15, -0.1) is 6.42 Å². The van der Waals surface area contributed by atoms with E-state index in [-0.39, 0.29) is 17.2 Å². The average Bonchev–Trinajstić information content (AvgIpc) is 2.47. The van der Waals surface area contributed by atoms with E-state index in [9.17, 15) is 9.59 Å². The molecule has 20 heavy (non-hydrogen) atoms. The predicted molar refractivity (Wildman–Crippen MR) is 75.7 cm³/mol. The number of rotatable bonds is 3. The highest BCUT2D eigenvalue weighted by atomic mass is 16.4. The number of terminal acetylenes is 1. The van der Waals surface area contributed by atoms with Crippen molar-refractivity contribution >= 4 is 17.6 Å². The van der Waals surface area contributed by atoms with Crippen molar-refractivity contribution in [3.05, 3.63) is 65.2 Å². The van der Waals surface area contributed by atoms with Crippen molar-refractivity contribution < 1.29 is 14.7 Å². The van der Waals surface area contributed by atoms with Gasteiger partial charge in [0.15, 0.2) is 0 Å². The van der Waals surface area contributed by atoms with Crippen molar-refractivity contribution in [3.8, 4) is 12.3 Å². The molecule has 0 heterocycles. The lowest BCUT2D eigenvalue weighted by molar-refractivity contribution is 0.0698. The van der Waals surface area contributed by atoms with Crippen LogP contribution in [-0.2, 0) is 0 Å². The molecule has 0 bridgehead atoms. The van der Waals surface area contributed by atoms with Crippen molar-refractivity contribution in [1.29, 1.82) is 0 Å². The fourth-order valence-corrected chi connectivity index (χ4v) is 1.69. The quantitative estimate of drug-likeness (QED) is 0.838. The predicted octanol–water partition coefficient (Wildman–Crippen LogP) is 2.62. The maximum absolute atomic E-state index is 12.0. The lowest BCUT2D eigenvalue weighted by atomic mass is 10.1. The van der Waals surface area contributed by atoms with Crippen molar-refractivity contribution in [2.45, 2.75) is 0 Å². The molecule has 0 unspecified atom stereocenters. The van der Waals surface area contributed by atoms with E-state index in [2.05, 4.69) is 11.2 Å². The molecule has 0 aliphatic rings. The number of para-hydroxylation sites is 1. The SMILES string of the molecule is C#Cc1ccc(C(=O)Nc2ccccc2C(=O)O)cc1. The minimum absolute atomic E-state index is 0.0427. The molecule has 0 atom stereocenters. The zero-order valence-electron chi connectivity index (χ0n) is 10.5. The number of benzene rings is 2. The molecule has 1 amide bonds. The second-order valence-corrected chi connectivity index (χ2v) is 4.03. The van der Waals surface area contributed by atoms with Crippen molar-refractivity contribution in [1.82, 2.24) is 0 Å². The molecule has 0 aliphatic carbocycles. The normalized spacial score (nSPS) is 9.55. The van der Waals surface area contributed by atoms with Gasteiger partial charge in [0.05, 0.1) is 11.3 Å². The fraction of sp³-hybridized carbons (Fsp3) is 0. The van der Waals surface area contributed by atoms with E-state index in [4.69, 9.17) is 11.5 Å². The summed E-state index contributed by atoms with van der Waals surface area (Å²) in [4.78, 5) is 23.1. The van der Waals surface area contributed by atoms with Gasteiger partial charge in [0.25, 0.3) is 5.91 Å². The van der Waals surface area contributed by atoms with E-state index in [1.165, 1.54) is 12.1 Å².